The van der Waals surface area contributed by atoms with Gasteiger partial charge in [0.2, 0.25) is 0 Å². The second-order valence-electron chi connectivity index (χ2n) is 27.5. The van der Waals surface area contributed by atoms with Crippen molar-refractivity contribution in [2.24, 2.45) is 5.92 Å². The number of carboxylic acid groups (broad SMARTS) is 2. The van der Waals surface area contributed by atoms with Crippen molar-refractivity contribution in [3.8, 4) is 11.5 Å². The number of methoxy groups -OCH3 is 1. The topological polar surface area (TPSA) is 397 Å². The highest BCUT2D eigenvalue weighted by Gasteiger charge is 2.48. The number of phenols is 2. The van der Waals surface area contributed by atoms with Gasteiger partial charge in [-0.1, -0.05) is 153 Å². The number of aromatic hydroxyl groups is 2. The van der Waals surface area contributed by atoms with Gasteiger partial charge >= 0.3 is 17.9 Å². The summed E-state index contributed by atoms with van der Waals surface area (Å²) in [5, 5.41) is 58.1. The molecule has 1 aromatic heterocycles. The second kappa shape index (κ2) is 39.9. The van der Waals surface area contributed by atoms with Gasteiger partial charge in [0, 0.05) is 72.7 Å². The molecule has 2 atom stereocenters. The summed E-state index contributed by atoms with van der Waals surface area (Å²) >= 11 is 0. The predicted molar refractivity (Wildman–Crippen MR) is 457 cm³/mol. The number of halogens is 3. The third-order valence-electron chi connectivity index (χ3n) is 19.6. The summed E-state index contributed by atoms with van der Waals surface area (Å²) in [5.41, 5.74) is 39.4. The molecule has 3 aliphatic rings. The summed E-state index contributed by atoms with van der Waals surface area (Å²) in [6.45, 7) is 5.93. The Morgan fingerprint density at radius 2 is 1.02 bits per heavy atom. The van der Waals surface area contributed by atoms with Crippen LogP contribution in [0.2, 0.25) is 0 Å². The summed E-state index contributed by atoms with van der Waals surface area (Å²) in [5.74, 6) is -2.70. The van der Waals surface area contributed by atoms with Gasteiger partial charge in [-0.2, -0.15) is 0 Å². The maximum absolute atomic E-state index is 14.0. The number of imidazole rings is 1. The van der Waals surface area contributed by atoms with Crippen LogP contribution in [0.4, 0.5) is 27.1 Å². The van der Waals surface area contributed by atoms with Gasteiger partial charge in [-0.15, -0.1) is 24.8 Å². The van der Waals surface area contributed by atoms with Crippen LogP contribution in [0.25, 0.3) is 43.7 Å². The van der Waals surface area contributed by atoms with E-state index in [1.54, 1.807) is 78.9 Å². The van der Waals surface area contributed by atoms with Gasteiger partial charge < -0.3 is 84.5 Å². The predicted octanol–water partition coefficient (Wildman–Crippen LogP) is 16.5. The van der Waals surface area contributed by atoms with Gasteiger partial charge in [0.25, 0.3) is 0 Å². The monoisotopic (exact) mass is 1570 g/mol. The normalized spacial score (nSPS) is 14.3. The van der Waals surface area contributed by atoms with E-state index in [0.717, 1.165) is 121 Å². The molecule has 586 valence electrons. The lowest BCUT2D eigenvalue weighted by Crippen LogP contribution is -2.49. The Morgan fingerprint density at radius 1 is 0.593 bits per heavy atom. The number of aromatic amines is 1. The number of nitrogen functional groups attached to an aromatic ring is 4. The Hall–Kier alpha value is -12.5. The molecular formula is C90H94Cl2FN9O11. The molecule has 113 heavy (non-hydrogen) atoms. The molecule has 0 fully saturated rings. The Balaban J connectivity index is 0.000000210. The van der Waals surface area contributed by atoms with E-state index in [9.17, 15) is 39.2 Å². The number of aryl methyl sites for hydroxylation is 2. The summed E-state index contributed by atoms with van der Waals surface area (Å²) in [7, 11) is 3.61. The van der Waals surface area contributed by atoms with Crippen LogP contribution >= 0.6 is 24.8 Å². The van der Waals surface area contributed by atoms with E-state index in [1.807, 2.05) is 152 Å². The highest BCUT2D eigenvalue weighted by atomic mass is 35.5. The minimum Gasteiger partial charge on any atom is -0.507 e. The van der Waals surface area contributed by atoms with Crippen LogP contribution in [-0.2, 0) is 33.5 Å². The number of para-hydroxylation sites is 2. The van der Waals surface area contributed by atoms with Gasteiger partial charge in [0.15, 0.2) is 0 Å². The molecule has 3 aliphatic carbocycles. The van der Waals surface area contributed by atoms with Crippen LogP contribution in [0.15, 0.2) is 260 Å². The van der Waals surface area contributed by atoms with Crippen LogP contribution in [0.3, 0.4) is 0 Å². The maximum atomic E-state index is 14.0. The molecule has 20 nitrogen and oxygen atoms in total. The highest BCUT2D eigenvalue weighted by Crippen LogP contribution is 2.49. The number of aromatic carboxylic acids is 2. The van der Waals surface area contributed by atoms with Crippen molar-refractivity contribution in [1.29, 1.82) is 10.8 Å². The number of fused-ring (bicyclic) bond motifs is 4. The third-order valence-corrected chi connectivity index (χ3v) is 19.6. The zero-order chi connectivity index (χ0) is 77.5. The molecule has 0 radical (unpaired) electrons. The number of ether oxygens (including phenoxy) is 2. The van der Waals surface area contributed by atoms with Crippen molar-refractivity contribution in [2.45, 2.75) is 63.9 Å². The van der Waals surface area contributed by atoms with E-state index in [4.69, 9.17) is 43.2 Å². The minimum atomic E-state index is -1.28. The summed E-state index contributed by atoms with van der Waals surface area (Å²) in [4.78, 5) is 46.3. The molecule has 0 spiro atoms. The fourth-order valence-corrected chi connectivity index (χ4v) is 14.4. The molecule has 10 aromatic carbocycles. The van der Waals surface area contributed by atoms with E-state index in [0.29, 0.717) is 63.4 Å². The van der Waals surface area contributed by atoms with Gasteiger partial charge in [0.05, 0.1) is 22.5 Å². The van der Waals surface area contributed by atoms with Crippen LogP contribution in [0.1, 0.15) is 110 Å². The first kappa shape index (κ1) is 87.8. The van der Waals surface area contributed by atoms with Gasteiger partial charge in [0.1, 0.15) is 46.5 Å². The molecule has 19 N–H and O–H groups in total. The lowest BCUT2D eigenvalue weighted by Gasteiger charge is -2.47. The molecule has 0 amide bonds. The number of rotatable bonds is 19. The number of nitrogens with one attached hydrogen (secondary N) is 3. The number of carbonyl (C=O) groups is 3. The number of hydrogen-bond donors (Lipinski definition) is 11. The smallest absolute Gasteiger partial charge is 0.339 e. The average Bonchev–Trinajstić information content (AvgIpc) is 1.40. The fraction of sp³-hybridized carbons (Fsp3) is 0.178. The van der Waals surface area contributed by atoms with E-state index in [-0.39, 0.29) is 83.5 Å². The summed E-state index contributed by atoms with van der Waals surface area (Å²) in [6, 6.07) is 61.1. The number of carbonyl (C=O) groups excluding carboxylic acids is 1. The molecule has 0 unspecified atom stereocenters. The third kappa shape index (κ3) is 21.6. The first-order chi connectivity index (χ1) is 52.5. The first-order valence-corrected chi connectivity index (χ1v) is 35.8. The molecular weight excluding hydrogens is 1470 g/mol. The number of allylic oxidation sites excluding steroid dienone is 10. The lowest BCUT2D eigenvalue weighted by molar-refractivity contribution is -0.172. The number of H-pyrrole nitrogens is 1. The van der Waals surface area contributed by atoms with Crippen molar-refractivity contribution in [1.82, 2.24) is 14.9 Å². The van der Waals surface area contributed by atoms with E-state index in [2.05, 4.69) is 35.8 Å². The fourth-order valence-electron chi connectivity index (χ4n) is 14.4. The maximum Gasteiger partial charge on any atom is 0.339 e. The average molecular weight is 1570 g/mol. The van der Waals surface area contributed by atoms with Crippen LogP contribution in [0.5, 0.6) is 11.5 Å². The van der Waals surface area contributed by atoms with Crippen molar-refractivity contribution in [2.75, 3.05) is 56.8 Å². The molecule has 0 saturated heterocycles. The lowest BCUT2D eigenvalue weighted by atomic mass is 9.65. The van der Waals surface area contributed by atoms with Crippen molar-refractivity contribution in [3.63, 3.8) is 0 Å². The van der Waals surface area contributed by atoms with Crippen LogP contribution < -0.4 is 22.9 Å². The Bertz CT molecular complexity index is 5020. The Morgan fingerprint density at radius 3 is 1.43 bits per heavy atom. The standard InChI is InChI=1S/C29H38FN3O3.C23H16O6.2C19H17N3.2ClH.2H2O/c1-20(2)28-23-12-11-22(30)18-21(23)13-14-29(28,36-27(34)19-35-4)15-17-33(3)16-7-10-26-31-24-8-5-6-9-25(24)32-26;24-20-16(14-7-3-1-5-12(14)9-18(20)22(26)27)11-17-15-8-4-2-6-13(15)10-19(21(17)25)23(28)29;2*20-16-7-1-13(2-8-16)19(14-3-9-17(21)10-4-14)15-5-11-18(22)12-6-15;;;;/h5-6,8-9,11-12,18,20,28H,7,10,13-17,19H2,1-4H3,(H,31,32);1-10,24-25H,11H2,(H,26,27)(H,28,29);2*1-12,20H,21-22H2;2*1H;2*1H2/t28-,29-;;;;;;;/m0......./s1. The summed E-state index contributed by atoms with van der Waals surface area (Å²) < 4.78 is 25.3. The number of anilines is 4. The van der Waals surface area contributed by atoms with Gasteiger partial charge in [-0.25, -0.2) is 23.8 Å². The van der Waals surface area contributed by atoms with Gasteiger partial charge in [-0.3, -0.25) is 0 Å². The number of aromatic nitrogens is 2. The van der Waals surface area contributed by atoms with Crippen molar-refractivity contribution in [3.05, 3.63) is 327 Å². The number of esters is 1. The molecule has 23 heteroatoms. The first-order valence-electron chi connectivity index (χ1n) is 35.8. The summed E-state index contributed by atoms with van der Waals surface area (Å²) in [6.07, 6.45) is 18.9. The number of hydrogen-bond acceptors (Lipinski definition) is 15. The molecule has 0 saturated carbocycles. The van der Waals surface area contributed by atoms with Crippen molar-refractivity contribution >= 4 is 121 Å². The van der Waals surface area contributed by atoms with Crippen LogP contribution in [-0.4, -0.2) is 115 Å². The second-order valence-corrected chi connectivity index (χ2v) is 27.5. The number of nitrogens with zero attached hydrogens (tertiary/aromatic N) is 2. The van der Waals surface area contributed by atoms with E-state index in [1.165, 1.54) is 25.3 Å². The number of carboxylic acids is 2. The largest absolute Gasteiger partial charge is 0.507 e. The molecule has 1 heterocycles. The molecule has 11 aromatic rings. The molecule has 0 bridgehead atoms. The molecule has 14 rings (SSSR count). The zero-order valence-electron chi connectivity index (χ0n) is 62.9. The minimum absolute atomic E-state index is 0. The van der Waals surface area contributed by atoms with Gasteiger partial charge in [-0.05, 0) is 225 Å². The SMILES string of the molecule is COCC(=O)O[C@]1(CCN(C)CCCc2nc3ccccc3[nH]2)CCc2cc(F)ccc2[C@@H]1C(C)C.Cl.Cl.N=C1C=CC(=C(c2ccc(N)cc2)c2ccc(N)cc2)C=C1.N=C1C=CC(=C(c2ccc(N)cc2)c2ccc(N)cc2)C=C1.O.O.O=C(O)c1cc2ccccc2c(Cc2c(O)c(C(=O)O)cc3ccccc23)c1O. The van der Waals surface area contributed by atoms with E-state index >= 15 is 0 Å². The Labute approximate surface area is 667 Å². The van der Waals surface area contributed by atoms with E-state index < -0.39 is 29.0 Å². The van der Waals surface area contributed by atoms with Crippen LogP contribution in [0, 0.1) is 22.6 Å². The zero-order valence-corrected chi connectivity index (χ0v) is 64.6. The quantitative estimate of drug-likeness (QED) is 0.0265. The Kier molecular flexibility index (Phi) is 31.0. The highest BCUT2D eigenvalue weighted by molar-refractivity contribution is 6.06. The number of nitrogens with two attached hydrogens (primary N) is 4. The van der Waals surface area contributed by atoms with Crippen molar-refractivity contribution < 1.29 is 59.6 Å². The number of benzene rings is 10. The molecule has 0 aliphatic heterocycles.